The molecule has 6 heteroatoms. The van der Waals surface area contributed by atoms with Gasteiger partial charge in [0.1, 0.15) is 11.1 Å². The van der Waals surface area contributed by atoms with Crippen molar-refractivity contribution in [2.75, 3.05) is 22.6 Å². The molecule has 2 amide bonds. The molecule has 0 radical (unpaired) electrons. The van der Waals surface area contributed by atoms with Crippen molar-refractivity contribution in [3.05, 3.63) is 54.1 Å². The predicted molar refractivity (Wildman–Crippen MR) is 122 cm³/mol. The van der Waals surface area contributed by atoms with Crippen molar-refractivity contribution in [2.45, 2.75) is 44.4 Å². The van der Waals surface area contributed by atoms with Gasteiger partial charge in [-0.2, -0.15) is 0 Å². The lowest BCUT2D eigenvalue weighted by Gasteiger charge is -2.26. The second-order valence-electron chi connectivity index (χ2n) is 7.77. The van der Waals surface area contributed by atoms with Crippen molar-refractivity contribution in [3.8, 4) is 5.75 Å². The van der Waals surface area contributed by atoms with E-state index in [1.165, 1.54) is 6.42 Å². The third kappa shape index (κ3) is 4.48. The zero-order valence-corrected chi connectivity index (χ0v) is 18.1. The fraction of sp³-hybridized carbons (Fsp3) is 0.417. The Morgan fingerprint density at radius 3 is 2.57 bits per heavy atom. The van der Waals surface area contributed by atoms with Gasteiger partial charge in [-0.3, -0.25) is 14.5 Å². The van der Waals surface area contributed by atoms with E-state index in [9.17, 15) is 9.59 Å². The highest BCUT2D eigenvalue weighted by molar-refractivity contribution is 8.00. The number of carbonyl (C=O) groups excluding carboxylic acids is 2. The molecule has 2 aromatic carbocycles. The molecule has 0 unspecified atom stereocenters. The summed E-state index contributed by atoms with van der Waals surface area (Å²) in [5.74, 6) is 1.49. The number of thioether (sulfide) groups is 1. The number of hydrogen-bond donors (Lipinski definition) is 1. The van der Waals surface area contributed by atoms with Gasteiger partial charge in [-0.25, -0.2) is 0 Å². The highest BCUT2D eigenvalue weighted by atomic mass is 32.2. The Bertz CT molecular complexity index is 894. The second-order valence-corrected chi connectivity index (χ2v) is 8.84. The van der Waals surface area contributed by atoms with Crippen LogP contribution in [0, 0.1) is 5.92 Å². The fourth-order valence-corrected chi connectivity index (χ4v) is 5.37. The monoisotopic (exact) mass is 424 g/mol. The first kappa shape index (κ1) is 20.8. The van der Waals surface area contributed by atoms with Crippen LogP contribution in [0.15, 0.2) is 48.5 Å². The molecular weight excluding hydrogens is 396 g/mol. The number of anilines is 2. The van der Waals surface area contributed by atoms with Crippen LogP contribution in [0.4, 0.5) is 11.4 Å². The molecule has 1 heterocycles. The second kappa shape index (κ2) is 9.56. The molecule has 0 aromatic heterocycles. The minimum absolute atomic E-state index is 0.0758. The quantitative estimate of drug-likeness (QED) is 0.676. The van der Waals surface area contributed by atoms with Crippen molar-refractivity contribution in [2.24, 2.45) is 5.92 Å². The molecule has 1 N–H and O–H groups in total. The van der Waals surface area contributed by atoms with Crippen molar-refractivity contribution in [1.29, 1.82) is 0 Å². The van der Waals surface area contributed by atoms with Crippen LogP contribution in [0.2, 0.25) is 0 Å². The first-order valence-electron chi connectivity index (χ1n) is 10.7. The van der Waals surface area contributed by atoms with Gasteiger partial charge >= 0.3 is 0 Å². The molecule has 2 aliphatic rings. The molecule has 2 aromatic rings. The standard InChI is InChI=1S/C24H28N2O3S/c1-2-29-21-11-7-6-10-20(21)26-22(27)16-30-24(26)18-12-14-19(15-13-18)25-23(28)17-8-4-3-5-9-17/h6-7,10-15,17,24H,2-5,8-9,16H2,1H3,(H,25,28)/t24-/m0/s1. The van der Waals surface area contributed by atoms with Gasteiger partial charge in [0.05, 0.1) is 18.0 Å². The minimum Gasteiger partial charge on any atom is -0.492 e. The van der Waals surface area contributed by atoms with Crippen molar-refractivity contribution in [1.82, 2.24) is 0 Å². The molecule has 0 spiro atoms. The Morgan fingerprint density at radius 1 is 1.10 bits per heavy atom. The molecule has 1 aliphatic carbocycles. The minimum atomic E-state index is -0.109. The number of ether oxygens (including phenoxy) is 1. The number of para-hydroxylation sites is 2. The van der Waals surface area contributed by atoms with Gasteiger partial charge in [-0.1, -0.05) is 43.5 Å². The van der Waals surface area contributed by atoms with E-state index in [0.717, 1.165) is 48.4 Å². The lowest BCUT2D eigenvalue weighted by Crippen LogP contribution is -2.28. The molecule has 1 atom stereocenters. The van der Waals surface area contributed by atoms with Gasteiger partial charge in [0.2, 0.25) is 11.8 Å². The summed E-state index contributed by atoms with van der Waals surface area (Å²) >= 11 is 1.61. The van der Waals surface area contributed by atoms with Crippen molar-refractivity contribution < 1.29 is 14.3 Å². The zero-order valence-electron chi connectivity index (χ0n) is 17.3. The molecule has 158 valence electrons. The predicted octanol–water partition coefficient (Wildman–Crippen LogP) is 5.38. The first-order chi connectivity index (χ1) is 14.7. The lowest BCUT2D eigenvalue weighted by atomic mass is 9.88. The van der Waals surface area contributed by atoms with E-state index in [1.54, 1.807) is 11.8 Å². The Balaban J connectivity index is 1.50. The van der Waals surface area contributed by atoms with Crippen molar-refractivity contribution in [3.63, 3.8) is 0 Å². The number of nitrogens with one attached hydrogen (secondary N) is 1. The molecule has 4 rings (SSSR count). The number of carbonyl (C=O) groups is 2. The molecule has 1 aliphatic heterocycles. The number of hydrogen-bond acceptors (Lipinski definition) is 4. The maximum Gasteiger partial charge on any atom is 0.238 e. The molecule has 2 fully saturated rings. The highest BCUT2D eigenvalue weighted by Gasteiger charge is 2.35. The lowest BCUT2D eigenvalue weighted by molar-refractivity contribution is -0.120. The van der Waals surface area contributed by atoms with E-state index in [0.29, 0.717) is 12.4 Å². The van der Waals surface area contributed by atoms with Crippen LogP contribution >= 0.6 is 11.8 Å². The van der Waals surface area contributed by atoms with Gasteiger partial charge in [-0.05, 0) is 49.6 Å². The summed E-state index contributed by atoms with van der Waals surface area (Å²) < 4.78 is 5.75. The largest absolute Gasteiger partial charge is 0.492 e. The van der Waals surface area contributed by atoms with Crippen LogP contribution in [-0.2, 0) is 9.59 Å². The van der Waals surface area contributed by atoms with E-state index < -0.39 is 0 Å². The number of benzene rings is 2. The Hall–Kier alpha value is -2.47. The first-order valence-corrected chi connectivity index (χ1v) is 11.8. The van der Waals surface area contributed by atoms with Gasteiger partial charge in [0, 0.05) is 11.6 Å². The zero-order chi connectivity index (χ0) is 20.9. The van der Waals surface area contributed by atoms with E-state index in [2.05, 4.69) is 5.32 Å². The maximum atomic E-state index is 12.7. The number of amides is 2. The van der Waals surface area contributed by atoms with Gasteiger partial charge in [-0.15, -0.1) is 11.8 Å². The topological polar surface area (TPSA) is 58.6 Å². The average molecular weight is 425 g/mol. The van der Waals surface area contributed by atoms with Crippen LogP contribution in [0.1, 0.15) is 50.0 Å². The third-order valence-electron chi connectivity index (χ3n) is 5.73. The highest BCUT2D eigenvalue weighted by Crippen LogP contribution is 2.45. The summed E-state index contributed by atoms with van der Waals surface area (Å²) in [6.45, 7) is 2.49. The van der Waals surface area contributed by atoms with E-state index >= 15 is 0 Å². The van der Waals surface area contributed by atoms with Gasteiger partial charge in [0.25, 0.3) is 0 Å². The SMILES string of the molecule is CCOc1ccccc1N1C(=O)CS[C@H]1c1ccc(NC(=O)C2CCCCC2)cc1. The van der Waals surface area contributed by atoms with Crippen LogP contribution in [0.3, 0.4) is 0 Å². The van der Waals surface area contributed by atoms with Gasteiger partial charge < -0.3 is 10.1 Å². The Kier molecular flexibility index (Phi) is 6.62. The summed E-state index contributed by atoms with van der Waals surface area (Å²) in [4.78, 5) is 27.0. The van der Waals surface area contributed by atoms with E-state index in [1.807, 2.05) is 60.4 Å². The number of nitrogens with zero attached hydrogens (tertiary/aromatic N) is 1. The molecule has 1 saturated carbocycles. The van der Waals surface area contributed by atoms with Crippen LogP contribution in [0.25, 0.3) is 0 Å². The molecule has 1 saturated heterocycles. The molecular formula is C24H28N2O3S. The van der Waals surface area contributed by atoms with Gasteiger partial charge in [0.15, 0.2) is 0 Å². The molecule has 5 nitrogen and oxygen atoms in total. The average Bonchev–Trinajstić information content (AvgIpc) is 3.17. The van der Waals surface area contributed by atoms with E-state index in [4.69, 9.17) is 4.74 Å². The smallest absolute Gasteiger partial charge is 0.238 e. The number of rotatable bonds is 6. The Labute approximate surface area is 182 Å². The van der Waals surface area contributed by atoms with Crippen LogP contribution < -0.4 is 15.0 Å². The maximum absolute atomic E-state index is 12.7. The van der Waals surface area contributed by atoms with E-state index in [-0.39, 0.29) is 23.1 Å². The summed E-state index contributed by atoms with van der Waals surface area (Å²) in [7, 11) is 0. The summed E-state index contributed by atoms with van der Waals surface area (Å²) in [6, 6.07) is 15.6. The summed E-state index contributed by atoms with van der Waals surface area (Å²) in [5, 5.41) is 2.95. The van der Waals surface area contributed by atoms with Crippen molar-refractivity contribution >= 4 is 35.0 Å². The summed E-state index contributed by atoms with van der Waals surface area (Å²) in [6.07, 6.45) is 5.49. The normalized spacial score (nSPS) is 19.7. The molecule has 30 heavy (non-hydrogen) atoms. The van der Waals surface area contributed by atoms with Crippen LogP contribution in [0.5, 0.6) is 5.75 Å². The fourth-order valence-electron chi connectivity index (χ4n) is 4.20. The van der Waals surface area contributed by atoms with Crippen LogP contribution in [-0.4, -0.2) is 24.2 Å². The third-order valence-corrected chi connectivity index (χ3v) is 6.94. The summed E-state index contributed by atoms with van der Waals surface area (Å²) in [5.41, 5.74) is 2.65. The molecule has 0 bridgehead atoms. The Morgan fingerprint density at radius 2 is 1.83 bits per heavy atom.